The van der Waals surface area contributed by atoms with Crippen molar-refractivity contribution in [3.8, 4) is 0 Å². The Morgan fingerprint density at radius 2 is 1.70 bits per heavy atom. The molecule has 0 aliphatic carbocycles. The van der Waals surface area contributed by atoms with Gasteiger partial charge in [0.15, 0.2) is 0 Å². The van der Waals surface area contributed by atoms with Gasteiger partial charge in [-0.25, -0.2) is 21.6 Å². The van der Waals surface area contributed by atoms with Gasteiger partial charge >= 0.3 is 0 Å². The van der Waals surface area contributed by atoms with Gasteiger partial charge in [0, 0.05) is 12.2 Å². The van der Waals surface area contributed by atoms with E-state index in [1.807, 2.05) is 0 Å². The quantitative estimate of drug-likeness (QED) is 0.586. The number of carbonyl (C=O) groups is 1. The molecule has 0 spiro atoms. The van der Waals surface area contributed by atoms with Crippen molar-refractivity contribution < 1.29 is 21.6 Å². The molecular formula is C18H21Cl2N3O5S2. The molecule has 0 aliphatic heterocycles. The van der Waals surface area contributed by atoms with E-state index in [0.717, 1.165) is 10.6 Å². The summed E-state index contributed by atoms with van der Waals surface area (Å²) in [6.45, 7) is 1.13. The number of hydrogen-bond acceptors (Lipinski definition) is 5. The van der Waals surface area contributed by atoms with E-state index in [4.69, 9.17) is 23.2 Å². The minimum Gasteiger partial charge on any atom is -0.325 e. The number of nitrogens with zero attached hydrogens (tertiary/aromatic N) is 1. The second-order valence-electron chi connectivity index (χ2n) is 6.51. The summed E-state index contributed by atoms with van der Waals surface area (Å²) in [6.07, 6.45) is 0.989. The first-order valence-electron chi connectivity index (χ1n) is 8.56. The summed E-state index contributed by atoms with van der Waals surface area (Å²) < 4.78 is 51.5. The summed E-state index contributed by atoms with van der Waals surface area (Å²) in [6, 6.07) is 8.93. The fourth-order valence-corrected chi connectivity index (χ4v) is 4.31. The average molecular weight is 494 g/mol. The Morgan fingerprint density at radius 3 is 2.27 bits per heavy atom. The molecular weight excluding hydrogens is 473 g/mol. The Morgan fingerprint density at radius 1 is 1.03 bits per heavy atom. The van der Waals surface area contributed by atoms with Crippen LogP contribution in [0.25, 0.3) is 0 Å². The van der Waals surface area contributed by atoms with Crippen molar-refractivity contribution in [3.63, 3.8) is 0 Å². The number of hydrogen-bond donors (Lipinski definition) is 2. The van der Waals surface area contributed by atoms with Gasteiger partial charge in [-0.05, 0) is 49.4 Å². The molecule has 1 amide bonds. The second-order valence-corrected chi connectivity index (χ2v) is 11.2. The zero-order valence-electron chi connectivity index (χ0n) is 16.4. The average Bonchev–Trinajstić information content (AvgIpc) is 2.65. The van der Waals surface area contributed by atoms with E-state index in [-0.39, 0.29) is 22.2 Å². The highest BCUT2D eigenvalue weighted by molar-refractivity contribution is 7.89. The number of halogens is 2. The van der Waals surface area contributed by atoms with Gasteiger partial charge in [0.2, 0.25) is 26.0 Å². The van der Waals surface area contributed by atoms with Gasteiger partial charge in [0.1, 0.15) is 0 Å². The number of benzene rings is 2. The van der Waals surface area contributed by atoms with Crippen LogP contribution in [0.3, 0.4) is 0 Å². The summed E-state index contributed by atoms with van der Waals surface area (Å²) in [5.41, 5.74) is 1.44. The number of anilines is 1. The van der Waals surface area contributed by atoms with Crippen LogP contribution in [-0.2, 0) is 31.4 Å². The Kier molecular flexibility index (Phi) is 7.89. The predicted molar refractivity (Wildman–Crippen MR) is 118 cm³/mol. The molecule has 2 aromatic rings. The van der Waals surface area contributed by atoms with Crippen LogP contribution in [0.5, 0.6) is 0 Å². The first-order chi connectivity index (χ1) is 13.8. The maximum Gasteiger partial charge on any atom is 0.240 e. The normalized spacial score (nSPS) is 12.2. The minimum atomic E-state index is -3.73. The van der Waals surface area contributed by atoms with E-state index in [0.29, 0.717) is 16.1 Å². The van der Waals surface area contributed by atoms with Crippen molar-refractivity contribution in [1.29, 1.82) is 0 Å². The zero-order valence-corrected chi connectivity index (χ0v) is 19.6. The van der Waals surface area contributed by atoms with Crippen molar-refractivity contribution >= 4 is 54.8 Å². The van der Waals surface area contributed by atoms with E-state index in [2.05, 4.69) is 10.0 Å². The van der Waals surface area contributed by atoms with Crippen LogP contribution in [0.2, 0.25) is 10.0 Å². The molecule has 0 bridgehead atoms. The number of aryl methyl sites for hydroxylation is 1. The van der Waals surface area contributed by atoms with Crippen LogP contribution in [0.4, 0.5) is 5.69 Å². The molecule has 2 rings (SSSR count). The number of sulfonamides is 2. The van der Waals surface area contributed by atoms with Crippen LogP contribution >= 0.6 is 23.2 Å². The van der Waals surface area contributed by atoms with Crippen molar-refractivity contribution in [2.24, 2.45) is 0 Å². The van der Waals surface area contributed by atoms with Crippen molar-refractivity contribution in [2.75, 3.05) is 25.2 Å². The molecule has 0 radical (unpaired) electrons. The second kappa shape index (κ2) is 9.63. The topological polar surface area (TPSA) is 113 Å². The van der Waals surface area contributed by atoms with Gasteiger partial charge in [-0.2, -0.15) is 4.31 Å². The zero-order chi connectivity index (χ0) is 22.7. The highest BCUT2D eigenvalue weighted by Gasteiger charge is 2.22. The highest BCUT2D eigenvalue weighted by Crippen LogP contribution is 2.24. The molecule has 0 aliphatic rings. The molecule has 8 nitrogen and oxygen atoms in total. The van der Waals surface area contributed by atoms with Gasteiger partial charge in [0.05, 0.1) is 27.7 Å². The highest BCUT2D eigenvalue weighted by atomic mass is 35.5. The Labute approximate surface area is 186 Å². The third-order valence-corrected chi connectivity index (χ3v) is 7.54. The largest absolute Gasteiger partial charge is 0.325 e. The van der Waals surface area contributed by atoms with Crippen molar-refractivity contribution in [2.45, 2.75) is 18.4 Å². The molecule has 0 unspecified atom stereocenters. The van der Waals surface area contributed by atoms with Gasteiger partial charge in [-0.1, -0.05) is 35.3 Å². The first-order valence-corrected chi connectivity index (χ1v) is 12.7. The van der Waals surface area contributed by atoms with Crippen molar-refractivity contribution in [3.05, 3.63) is 57.6 Å². The molecule has 164 valence electrons. The van der Waals surface area contributed by atoms with Crippen LogP contribution in [-0.4, -0.2) is 46.9 Å². The lowest BCUT2D eigenvalue weighted by molar-refractivity contribution is -0.116. The van der Waals surface area contributed by atoms with Gasteiger partial charge < -0.3 is 5.32 Å². The van der Waals surface area contributed by atoms with Crippen molar-refractivity contribution in [1.82, 2.24) is 9.03 Å². The molecule has 12 heteroatoms. The molecule has 30 heavy (non-hydrogen) atoms. The maximum absolute atomic E-state index is 12.5. The van der Waals surface area contributed by atoms with E-state index < -0.39 is 32.5 Å². The van der Waals surface area contributed by atoms with E-state index in [9.17, 15) is 21.6 Å². The van der Waals surface area contributed by atoms with E-state index in [1.54, 1.807) is 19.1 Å². The monoisotopic (exact) mass is 493 g/mol. The van der Waals surface area contributed by atoms with Gasteiger partial charge in [-0.15, -0.1) is 0 Å². The number of rotatable bonds is 8. The SMILES string of the molecule is CNS(=O)(=O)c1ccc(C)c(NC(=O)CN(Cc2ccc(Cl)c(Cl)c2)S(C)(=O)=O)c1. The summed E-state index contributed by atoms with van der Waals surface area (Å²) in [7, 11) is -6.15. The summed E-state index contributed by atoms with van der Waals surface area (Å²) in [5.74, 6) is -0.623. The molecule has 2 aromatic carbocycles. The lowest BCUT2D eigenvalue weighted by atomic mass is 10.2. The predicted octanol–water partition coefficient (Wildman–Crippen LogP) is 2.61. The lowest BCUT2D eigenvalue weighted by Crippen LogP contribution is -2.37. The van der Waals surface area contributed by atoms with Crippen LogP contribution in [0.1, 0.15) is 11.1 Å². The summed E-state index contributed by atoms with van der Waals surface area (Å²) in [4.78, 5) is 12.5. The number of carbonyl (C=O) groups excluding carboxylic acids is 1. The molecule has 0 saturated heterocycles. The fraction of sp³-hybridized carbons (Fsp3) is 0.278. The van der Waals surface area contributed by atoms with Crippen LogP contribution < -0.4 is 10.0 Å². The first kappa shape index (κ1) is 24.6. The number of nitrogens with one attached hydrogen (secondary N) is 2. The Balaban J connectivity index is 2.23. The maximum atomic E-state index is 12.5. The summed E-state index contributed by atoms with van der Waals surface area (Å²) >= 11 is 11.8. The molecule has 0 heterocycles. The third-order valence-electron chi connectivity index (χ3n) is 4.19. The molecule has 0 fully saturated rings. The molecule has 0 atom stereocenters. The van der Waals surface area contributed by atoms with E-state index >= 15 is 0 Å². The van der Waals surface area contributed by atoms with E-state index in [1.165, 1.54) is 31.3 Å². The molecule has 0 saturated carbocycles. The fourth-order valence-electron chi connectivity index (χ4n) is 2.50. The standard InChI is InChI=1S/C18H21Cl2N3O5S2/c1-12-4-6-14(30(27,28)21-2)9-17(12)22-18(24)11-23(29(3,25)26)10-13-5-7-15(19)16(20)8-13/h4-9,21H,10-11H2,1-3H3,(H,22,24). The summed E-state index contributed by atoms with van der Waals surface area (Å²) in [5, 5.41) is 3.17. The smallest absolute Gasteiger partial charge is 0.240 e. The van der Waals surface area contributed by atoms with Gasteiger partial charge in [0.25, 0.3) is 0 Å². The third kappa shape index (κ3) is 6.40. The molecule has 0 aromatic heterocycles. The number of amides is 1. The van der Waals surface area contributed by atoms with Crippen LogP contribution in [0, 0.1) is 6.92 Å². The Hall–Kier alpha value is -1.69. The van der Waals surface area contributed by atoms with Gasteiger partial charge in [-0.3, -0.25) is 4.79 Å². The lowest BCUT2D eigenvalue weighted by Gasteiger charge is -2.20. The molecule has 2 N–H and O–H groups in total. The minimum absolute atomic E-state index is 0.0262. The van der Waals surface area contributed by atoms with Crippen LogP contribution in [0.15, 0.2) is 41.3 Å². The Bertz CT molecular complexity index is 1170.